The van der Waals surface area contributed by atoms with Crippen LogP contribution in [0.15, 0.2) is 42.6 Å². The predicted molar refractivity (Wildman–Crippen MR) is 73.9 cm³/mol. The van der Waals surface area contributed by atoms with Gasteiger partial charge in [0.25, 0.3) is 0 Å². The number of aromatic nitrogens is 1. The molecule has 2 nitrogen and oxygen atoms in total. The highest BCUT2D eigenvalue weighted by molar-refractivity contribution is 5.39. The van der Waals surface area contributed by atoms with Crippen LogP contribution in [0.2, 0.25) is 0 Å². The molecule has 1 heterocycles. The molecule has 0 radical (unpaired) electrons. The lowest BCUT2D eigenvalue weighted by atomic mass is 9.83. The lowest BCUT2D eigenvalue weighted by Crippen LogP contribution is -2.12. The topological polar surface area (TPSA) is 22.1 Å². The summed E-state index contributed by atoms with van der Waals surface area (Å²) in [5, 5.41) is 0. The van der Waals surface area contributed by atoms with Crippen LogP contribution in [0.25, 0.3) is 0 Å². The monoisotopic (exact) mass is 259 g/mol. The Balaban J connectivity index is 2.56. The van der Waals surface area contributed by atoms with Crippen molar-refractivity contribution in [2.24, 2.45) is 5.92 Å². The largest absolute Gasteiger partial charge is 0.481 e. The third-order valence-corrected chi connectivity index (χ3v) is 3.24. The van der Waals surface area contributed by atoms with Crippen LogP contribution in [0.3, 0.4) is 0 Å². The quantitative estimate of drug-likeness (QED) is 0.827. The van der Waals surface area contributed by atoms with Gasteiger partial charge in [-0.3, -0.25) is 0 Å². The molecule has 0 aliphatic carbocycles. The Bertz CT molecular complexity index is 554. The summed E-state index contributed by atoms with van der Waals surface area (Å²) in [5.74, 6) is 0.552. The van der Waals surface area contributed by atoms with Crippen LogP contribution < -0.4 is 4.74 Å². The molecule has 1 aromatic heterocycles. The highest BCUT2D eigenvalue weighted by Crippen LogP contribution is 2.36. The molecule has 0 amide bonds. The highest BCUT2D eigenvalue weighted by atomic mass is 19.1. The normalized spacial score (nSPS) is 12.5. The lowest BCUT2D eigenvalue weighted by molar-refractivity contribution is 0.383. The van der Waals surface area contributed by atoms with E-state index in [0.29, 0.717) is 11.4 Å². The van der Waals surface area contributed by atoms with Crippen LogP contribution in [-0.2, 0) is 0 Å². The third-order valence-electron chi connectivity index (χ3n) is 3.24. The van der Waals surface area contributed by atoms with E-state index in [1.165, 1.54) is 6.07 Å². The molecule has 1 aromatic carbocycles. The van der Waals surface area contributed by atoms with E-state index in [-0.39, 0.29) is 17.7 Å². The summed E-state index contributed by atoms with van der Waals surface area (Å²) in [5.41, 5.74) is 1.61. The minimum Gasteiger partial charge on any atom is -0.481 e. The number of methoxy groups -OCH3 is 1. The summed E-state index contributed by atoms with van der Waals surface area (Å²) in [4.78, 5) is 4.21. The Morgan fingerprint density at radius 3 is 2.37 bits per heavy atom. The van der Waals surface area contributed by atoms with E-state index in [4.69, 9.17) is 4.74 Å². The molecule has 0 spiro atoms. The summed E-state index contributed by atoms with van der Waals surface area (Å²) < 4.78 is 19.4. The van der Waals surface area contributed by atoms with Gasteiger partial charge in [-0.1, -0.05) is 38.1 Å². The summed E-state index contributed by atoms with van der Waals surface area (Å²) in [6.07, 6.45) is 1.68. The molecule has 0 aliphatic rings. The third kappa shape index (κ3) is 2.75. The van der Waals surface area contributed by atoms with Crippen molar-refractivity contribution < 1.29 is 9.13 Å². The minimum atomic E-state index is -0.188. The van der Waals surface area contributed by atoms with E-state index in [1.807, 2.05) is 24.3 Å². The predicted octanol–water partition coefficient (Wildman–Crippen LogP) is 4.02. The molecule has 2 rings (SSSR count). The second-order valence-corrected chi connectivity index (χ2v) is 4.85. The molecule has 100 valence electrons. The Hall–Kier alpha value is -1.90. The number of rotatable bonds is 4. The smallest absolute Gasteiger partial charge is 0.216 e. The van der Waals surface area contributed by atoms with Crippen molar-refractivity contribution in [3.05, 3.63) is 59.5 Å². The summed E-state index contributed by atoms with van der Waals surface area (Å²) in [7, 11) is 1.59. The van der Waals surface area contributed by atoms with E-state index in [2.05, 4.69) is 18.8 Å². The number of nitrogens with zero attached hydrogens (tertiary/aromatic N) is 1. The van der Waals surface area contributed by atoms with Crippen LogP contribution in [0.1, 0.15) is 30.9 Å². The van der Waals surface area contributed by atoms with Gasteiger partial charge in [0.15, 0.2) is 0 Å². The zero-order valence-corrected chi connectivity index (χ0v) is 11.4. The zero-order valence-electron chi connectivity index (χ0n) is 11.4. The van der Waals surface area contributed by atoms with Crippen LogP contribution >= 0.6 is 0 Å². The first-order valence-corrected chi connectivity index (χ1v) is 6.38. The van der Waals surface area contributed by atoms with Crippen molar-refractivity contribution in [3.63, 3.8) is 0 Å². The van der Waals surface area contributed by atoms with Gasteiger partial charge in [0, 0.05) is 17.7 Å². The Labute approximate surface area is 113 Å². The maximum atomic E-state index is 14.1. The molecule has 0 saturated carbocycles. The Kier molecular flexibility index (Phi) is 4.15. The second kappa shape index (κ2) is 5.83. The van der Waals surface area contributed by atoms with Gasteiger partial charge in [0.2, 0.25) is 5.88 Å². The van der Waals surface area contributed by atoms with E-state index in [1.54, 1.807) is 19.4 Å². The van der Waals surface area contributed by atoms with Crippen LogP contribution in [0.4, 0.5) is 4.39 Å². The molecule has 1 unspecified atom stereocenters. The standard InChI is InChI=1S/C16H18FNO/c1-11(2)15(12-7-4-5-9-14(12)17)13-8-6-10-18-16(13)19-3/h4-11,15H,1-3H3. The Morgan fingerprint density at radius 1 is 1.05 bits per heavy atom. The first kappa shape index (κ1) is 13.5. The number of pyridine rings is 1. The molecule has 0 fully saturated rings. The molecule has 0 saturated heterocycles. The molecular formula is C16H18FNO. The minimum absolute atomic E-state index is 0.0650. The van der Waals surface area contributed by atoms with Crippen LogP contribution in [-0.4, -0.2) is 12.1 Å². The fourth-order valence-corrected chi connectivity index (χ4v) is 2.42. The first-order chi connectivity index (χ1) is 9.15. The summed E-state index contributed by atoms with van der Waals surface area (Å²) >= 11 is 0. The summed E-state index contributed by atoms with van der Waals surface area (Å²) in [6, 6.07) is 10.7. The van der Waals surface area contributed by atoms with Gasteiger partial charge in [-0.05, 0) is 23.6 Å². The SMILES string of the molecule is COc1ncccc1C(c1ccccc1F)C(C)C. The molecule has 0 N–H and O–H groups in total. The second-order valence-electron chi connectivity index (χ2n) is 4.85. The maximum Gasteiger partial charge on any atom is 0.216 e. The lowest BCUT2D eigenvalue weighted by Gasteiger charge is -2.23. The van der Waals surface area contributed by atoms with Crippen molar-refractivity contribution >= 4 is 0 Å². The fraction of sp³-hybridized carbons (Fsp3) is 0.312. The molecule has 0 bridgehead atoms. The van der Waals surface area contributed by atoms with E-state index in [0.717, 1.165) is 5.56 Å². The average Bonchev–Trinajstić information content (AvgIpc) is 2.41. The van der Waals surface area contributed by atoms with Crippen LogP contribution in [0.5, 0.6) is 5.88 Å². The van der Waals surface area contributed by atoms with Gasteiger partial charge in [0.1, 0.15) is 5.82 Å². The van der Waals surface area contributed by atoms with Gasteiger partial charge >= 0.3 is 0 Å². The fourth-order valence-electron chi connectivity index (χ4n) is 2.42. The molecule has 0 aliphatic heterocycles. The van der Waals surface area contributed by atoms with Gasteiger partial charge in [-0.15, -0.1) is 0 Å². The van der Waals surface area contributed by atoms with Gasteiger partial charge in [-0.25, -0.2) is 9.37 Å². The zero-order chi connectivity index (χ0) is 13.8. The average molecular weight is 259 g/mol. The van der Waals surface area contributed by atoms with Gasteiger partial charge in [0.05, 0.1) is 7.11 Å². The molecular weight excluding hydrogens is 241 g/mol. The van der Waals surface area contributed by atoms with Crippen molar-refractivity contribution in [2.75, 3.05) is 7.11 Å². The molecule has 2 aromatic rings. The number of benzene rings is 1. The van der Waals surface area contributed by atoms with Crippen LogP contribution in [0, 0.1) is 11.7 Å². The van der Waals surface area contributed by atoms with E-state index in [9.17, 15) is 4.39 Å². The number of ether oxygens (including phenoxy) is 1. The first-order valence-electron chi connectivity index (χ1n) is 6.38. The van der Waals surface area contributed by atoms with E-state index < -0.39 is 0 Å². The van der Waals surface area contributed by atoms with Crippen molar-refractivity contribution in [3.8, 4) is 5.88 Å². The molecule has 19 heavy (non-hydrogen) atoms. The molecule has 3 heteroatoms. The van der Waals surface area contributed by atoms with Crippen molar-refractivity contribution in [1.82, 2.24) is 4.98 Å². The van der Waals surface area contributed by atoms with Crippen molar-refractivity contribution in [2.45, 2.75) is 19.8 Å². The number of halogens is 1. The molecule has 1 atom stereocenters. The number of hydrogen-bond acceptors (Lipinski definition) is 2. The van der Waals surface area contributed by atoms with Crippen molar-refractivity contribution in [1.29, 1.82) is 0 Å². The highest BCUT2D eigenvalue weighted by Gasteiger charge is 2.24. The van der Waals surface area contributed by atoms with E-state index >= 15 is 0 Å². The maximum absolute atomic E-state index is 14.1. The Morgan fingerprint density at radius 2 is 1.74 bits per heavy atom. The number of hydrogen-bond donors (Lipinski definition) is 0. The van der Waals surface area contributed by atoms with Gasteiger partial charge < -0.3 is 4.74 Å². The van der Waals surface area contributed by atoms with Gasteiger partial charge in [-0.2, -0.15) is 0 Å². The summed E-state index contributed by atoms with van der Waals surface area (Å²) in [6.45, 7) is 4.15.